The molecule has 21 heavy (non-hydrogen) atoms. The Hall–Kier alpha value is -0.650. The van der Waals surface area contributed by atoms with E-state index in [1.165, 1.54) is 4.90 Å². The molecule has 2 aliphatic heterocycles. The maximum atomic E-state index is 11.5. The van der Waals surface area contributed by atoms with Gasteiger partial charge in [-0.1, -0.05) is 25.5 Å². The van der Waals surface area contributed by atoms with Crippen molar-refractivity contribution < 1.29 is 56.7 Å². The van der Waals surface area contributed by atoms with Crippen LogP contribution in [-0.2, 0) is 15.2 Å². The fourth-order valence-corrected chi connectivity index (χ4v) is 2.16. The van der Waals surface area contributed by atoms with Crippen molar-refractivity contribution in [1.82, 2.24) is 4.90 Å². The zero-order valence-corrected chi connectivity index (χ0v) is 14.7. The van der Waals surface area contributed by atoms with E-state index in [0.717, 1.165) is 5.57 Å². The second-order valence-corrected chi connectivity index (χ2v) is 5.60. The summed E-state index contributed by atoms with van der Waals surface area (Å²) in [5.41, 5.74) is 6.24. The van der Waals surface area contributed by atoms with E-state index in [9.17, 15) is 9.59 Å². The Bertz CT molecular complexity index is 539. The van der Waals surface area contributed by atoms with Crippen LogP contribution >= 0.6 is 0 Å². The molecule has 2 aliphatic rings. The zero-order valence-electron chi connectivity index (χ0n) is 11.9. The van der Waals surface area contributed by atoms with E-state index >= 15 is 0 Å². The van der Waals surface area contributed by atoms with E-state index in [0.29, 0.717) is 6.54 Å². The molecule has 1 fully saturated rings. The number of carbonyl (C=O) groups excluding carboxylic acids is 2. The average Bonchev–Trinajstić information content (AvgIpc) is 2.51. The normalized spacial score (nSPS) is 23.6. The van der Waals surface area contributed by atoms with Gasteiger partial charge in [0.15, 0.2) is 6.03 Å². The van der Waals surface area contributed by atoms with Gasteiger partial charge in [0.2, 0.25) is 5.91 Å². The molecule has 4 N–H and O–H groups in total. The third kappa shape index (κ3) is 5.93. The summed E-state index contributed by atoms with van der Waals surface area (Å²) in [7, 11) is -4.67. The van der Waals surface area contributed by atoms with Gasteiger partial charge in [0.1, 0.15) is 0 Å². The molecular formula is C10H16N3NaO6S. The number of urea groups is 1. The minimum Gasteiger partial charge on any atom is -0.423 e. The molecule has 0 aliphatic carbocycles. The summed E-state index contributed by atoms with van der Waals surface area (Å²) in [6.45, 7) is 4.46. The second-order valence-electron chi connectivity index (χ2n) is 4.71. The molecule has 2 bridgehead atoms. The van der Waals surface area contributed by atoms with Crippen LogP contribution in [0, 0.1) is 5.92 Å². The van der Waals surface area contributed by atoms with Crippen molar-refractivity contribution in [2.24, 2.45) is 11.7 Å². The fourth-order valence-electron chi connectivity index (χ4n) is 2.16. The maximum absolute atomic E-state index is 11.5. The fraction of sp³-hybridized carbons (Fsp3) is 0.600. The quantitative estimate of drug-likeness (QED) is 0.278. The Morgan fingerprint density at radius 3 is 2.33 bits per heavy atom. The first-order valence-electron chi connectivity index (χ1n) is 5.73. The monoisotopic (exact) mass is 329 g/mol. The molecule has 9 nitrogen and oxygen atoms in total. The molecule has 0 spiro atoms. The summed E-state index contributed by atoms with van der Waals surface area (Å²) in [5, 5.41) is 3.92. The molecule has 0 aromatic rings. The second kappa shape index (κ2) is 7.56. The van der Waals surface area contributed by atoms with E-state index in [1.807, 2.05) is 19.9 Å². The van der Waals surface area contributed by atoms with Crippen molar-refractivity contribution in [3.05, 3.63) is 17.0 Å². The van der Waals surface area contributed by atoms with Gasteiger partial charge in [-0.05, 0) is 18.5 Å². The number of amides is 3. The van der Waals surface area contributed by atoms with Crippen LogP contribution in [-0.4, -0.2) is 53.0 Å². The number of hydrogen-bond acceptors (Lipinski definition) is 4. The minimum atomic E-state index is -4.67. The molecule has 0 aromatic heterocycles. The molecule has 2 heterocycles. The summed E-state index contributed by atoms with van der Waals surface area (Å²) in [5.74, 6) is -0.271. The van der Waals surface area contributed by atoms with E-state index in [-0.39, 0.29) is 47.5 Å². The first-order valence-corrected chi connectivity index (χ1v) is 7.12. The van der Waals surface area contributed by atoms with E-state index in [1.54, 1.807) is 0 Å². The van der Waals surface area contributed by atoms with Crippen molar-refractivity contribution in [2.75, 3.05) is 6.54 Å². The predicted molar refractivity (Wildman–Crippen MR) is 69.3 cm³/mol. The van der Waals surface area contributed by atoms with Crippen molar-refractivity contribution in [1.29, 1.82) is 0 Å². The summed E-state index contributed by atoms with van der Waals surface area (Å²) in [6.07, 6.45) is 1.90. The average molecular weight is 329 g/mol. The van der Waals surface area contributed by atoms with Gasteiger partial charge in [-0.2, -0.15) is 8.42 Å². The minimum absolute atomic E-state index is 0. The van der Waals surface area contributed by atoms with Crippen molar-refractivity contribution in [3.63, 3.8) is 0 Å². The van der Waals surface area contributed by atoms with Gasteiger partial charge in [0, 0.05) is 0 Å². The van der Waals surface area contributed by atoms with Crippen LogP contribution in [0.25, 0.3) is 5.32 Å². The molecule has 0 saturated carbocycles. The third-order valence-corrected chi connectivity index (χ3v) is 2.85. The Kier molecular flexibility index (Phi) is 7.33. The van der Waals surface area contributed by atoms with Crippen LogP contribution in [0.1, 0.15) is 13.8 Å². The van der Waals surface area contributed by atoms with Gasteiger partial charge in [-0.15, -0.1) is 0 Å². The van der Waals surface area contributed by atoms with E-state index in [2.05, 4.69) is 5.32 Å². The van der Waals surface area contributed by atoms with Crippen LogP contribution in [0.2, 0.25) is 0 Å². The Balaban J connectivity index is 0.000000583. The zero-order chi connectivity index (χ0) is 15.7. The molecular weight excluding hydrogens is 313 g/mol. The van der Waals surface area contributed by atoms with Gasteiger partial charge < -0.3 is 16.0 Å². The molecule has 0 unspecified atom stereocenters. The van der Waals surface area contributed by atoms with E-state index in [4.69, 9.17) is 23.3 Å². The standard InChI is InChI=1S/C10H15N3O2.Na.H2O4S/c1-5(2)7-3-6-4-13(10(15)12-6)8(7)9(11)14;;1-5(2,3)4/h3,5-6,8H,4H2,1-2H3,(H3,11,12,14,15);;(H2,1,2,3,4)/q;+1;/p-1/t6-,8+;;/m1../s1. The van der Waals surface area contributed by atoms with Crippen LogP contribution in [0.15, 0.2) is 11.6 Å². The number of fused-ring (bicyclic) bond motifs is 2. The number of hydrogen-bond donors (Lipinski definition) is 3. The molecule has 0 aromatic carbocycles. The van der Waals surface area contributed by atoms with Gasteiger partial charge in [0.05, 0.1) is 6.04 Å². The maximum Gasteiger partial charge on any atom is 1.00 e. The number of nitrogens with two attached hydrogens (primary N) is 1. The first kappa shape index (κ1) is 20.3. The van der Waals surface area contributed by atoms with Crippen LogP contribution < -0.4 is 35.3 Å². The molecule has 1 saturated heterocycles. The van der Waals surface area contributed by atoms with Crippen molar-refractivity contribution in [2.45, 2.75) is 25.9 Å². The number of carbonyl (C=O) groups is 2. The predicted octanol–water partition coefficient (Wildman–Crippen LogP) is -3.03. The summed E-state index contributed by atoms with van der Waals surface area (Å²) in [4.78, 5) is 24.3. The number of rotatable bonds is 2. The smallest absolute Gasteiger partial charge is 0.423 e. The molecule has 2 rings (SSSR count). The molecule has 0 radical (unpaired) electrons. The summed E-state index contributed by atoms with van der Waals surface area (Å²) in [6, 6.07) is -1.01. The Morgan fingerprint density at radius 1 is 1.48 bits per heavy atom. The van der Waals surface area contributed by atoms with Crippen LogP contribution in [0.3, 0.4) is 0 Å². The van der Waals surface area contributed by atoms with Gasteiger partial charge in [-0.25, -0.2) is 0 Å². The molecule has 2 atom stereocenters. The SMILES string of the molecule is CC(C)C1=C[C@@H]2CN(C(=O)[N-]2)[C@@H]1C(N)=O.O=S(=O)(O)O.[Na+]. The molecule has 114 valence electrons. The van der Waals surface area contributed by atoms with Crippen molar-refractivity contribution in [3.8, 4) is 0 Å². The number of primary amides is 1. The topological polar surface area (TPSA) is 152 Å². The summed E-state index contributed by atoms with van der Waals surface area (Å²) < 4.78 is 31.6. The summed E-state index contributed by atoms with van der Waals surface area (Å²) >= 11 is 0. The largest absolute Gasteiger partial charge is 1.00 e. The third-order valence-electron chi connectivity index (χ3n) is 2.85. The molecule has 3 amide bonds. The van der Waals surface area contributed by atoms with Crippen LogP contribution in [0.5, 0.6) is 0 Å². The number of nitrogens with zero attached hydrogens (tertiary/aromatic N) is 2. The van der Waals surface area contributed by atoms with Crippen molar-refractivity contribution >= 4 is 22.3 Å². The first-order chi connectivity index (χ1) is 9.00. The van der Waals surface area contributed by atoms with Gasteiger partial charge >= 0.3 is 40.0 Å². The Labute approximate surface area is 144 Å². The van der Waals surface area contributed by atoms with Gasteiger partial charge in [-0.3, -0.25) is 18.7 Å². The van der Waals surface area contributed by atoms with Crippen LogP contribution in [0.4, 0.5) is 4.79 Å². The van der Waals surface area contributed by atoms with E-state index < -0.39 is 22.3 Å². The molecule has 11 heteroatoms. The Morgan fingerprint density at radius 2 is 1.95 bits per heavy atom. The van der Waals surface area contributed by atoms with Gasteiger partial charge in [0.25, 0.3) is 0 Å².